The molecule has 0 saturated heterocycles. The van der Waals surface area contributed by atoms with Crippen LogP contribution in [0.25, 0.3) is 38.9 Å². The lowest BCUT2D eigenvalue weighted by atomic mass is 10.1. The predicted molar refractivity (Wildman–Crippen MR) is 121 cm³/mol. The highest BCUT2D eigenvalue weighted by molar-refractivity contribution is 7.90. The van der Waals surface area contributed by atoms with Crippen LogP contribution in [-0.2, 0) is 17.1 Å². The maximum absolute atomic E-state index is 13.6. The van der Waals surface area contributed by atoms with Crippen molar-refractivity contribution in [3.8, 4) is 22.3 Å². The predicted octanol–water partition coefficient (Wildman–Crippen LogP) is 3.45. The Morgan fingerprint density at radius 2 is 1.78 bits per heavy atom. The van der Waals surface area contributed by atoms with Crippen LogP contribution in [0.1, 0.15) is 0 Å². The number of hydrogen-bond acceptors (Lipinski definition) is 7. The molecule has 0 saturated carbocycles. The lowest BCUT2D eigenvalue weighted by molar-refractivity contribution is 0.577. The molecule has 0 aliphatic carbocycles. The Labute approximate surface area is 186 Å². The molecule has 0 aliphatic heterocycles. The van der Waals surface area contributed by atoms with Gasteiger partial charge in [0.05, 0.1) is 18.6 Å². The Bertz CT molecular complexity index is 1710. The number of nitrogens with zero attached hydrogens (tertiary/aromatic N) is 7. The fraction of sp³-hybridized carbons (Fsp3) is 0.0476. The SMILES string of the molecule is Cn1cc(-c2cnc3cnn(S(=O)(=O)c4cnc5ccc(-c6ccsc6)cn45)c3c2)cn1. The molecule has 0 fully saturated rings. The van der Waals surface area contributed by atoms with Crippen LogP contribution in [0, 0.1) is 0 Å². The molecule has 11 heteroatoms. The van der Waals surface area contributed by atoms with Crippen LogP contribution in [0.5, 0.6) is 0 Å². The number of aryl methyl sites for hydroxylation is 1. The Kier molecular flexibility index (Phi) is 4.04. The summed E-state index contributed by atoms with van der Waals surface area (Å²) in [5.41, 5.74) is 4.91. The normalized spacial score (nSPS) is 12.2. The van der Waals surface area contributed by atoms with Crippen LogP contribution in [0.2, 0.25) is 0 Å². The molecule has 32 heavy (non-hydrogen) atoms. The average Bonchev–Trinajstić information content (AvgIpc) is 3.58. The smallest absolute Gasteiger partial charge is 0.288 e. The summed E-state index contributed by atoms with van der Waals surface area (Å²) in [6, 6.07) is 7.47. The van der Waals surface area contributed by atoms with Gasteiger partial charge in [0, 0.05) is 36.8 Å². The van der Waals surface area contributed by atoms with Crippen molar-refractivity contribution < 1.29 is 8.42 Å². The van der Waals surface area contributed by atoms with Crippen molar-refractivity contribution in [3.05, 3.63) is 72.2 Å². The number of imidazole rings is 1. The number of fused-ring (bicyclic) bond motifs is 2. The molecular formula is C21H15N7O2S2. The zero-order valence-electron chi connectivity index (χ0n) is 16.7. The molecule has 0 N–H and O–H groups in total. The fourth-order valence-corrected chi connectivity index (χ4v) is 5.64. The van der Waals surface area contributed by atoms with E-state index in [1.54, 1.807) is 51.1 Å². The molecule has 0 amide bonds. The minimum Gasteiger partial charge on any atom is -0.288 e. The Balaban J connectivity index is 1.52. The quantitative estimate of drug-likeness (QED) is 0.399. The van der Waals surface area contributed by atoms with Gasteiger partial charge in [0.1, 0.15) is 16.7 Å². The maximum Gasteiger partial charge on any atom is 0.301 e. The summed E-state index contributed by atoms with van der Waals surface area (Å²) < 4.78 is 31.5. The molecule has 0 radical (unpaired) electrons. The number of rotatable bonds is 4. The lowest BCUT2D eigenvalue weighted by Crippen LogP contribution is -2.16. The van der Waals surface area contributed by atoms with Gasteiger partial charge >= 0.3 is 10.0 Å². The van der Waals surface area contributed by atoms with Gasteiger partial charge in [0.25, 0.3) is 0 Å². The van der Waals surface area contributed by atoms with E-state index in [2.05, 4.69) is 20.2 Å². The van der Waals surface area contributed by atoms with E-state index in [0.717, 1.165) is 26.3 Å². The fourth-order valence-electron chi connectivity index (χ4n) is 3.64. The Hall–Kier alpha value is -3.83. The number of aromatic nitrogens is 7. The van der Waals surface area contributed by atoms with Gasteiger partial charge in [-0.1, -0.05) is 0 Å². The zero-order valence-corrected chi connectivity index (χ0v) is 18.3. The van der Waals surface area contributed by atoms with Crippen LogP contribution in [0.4, 0.5) is 0 Å². The van der Waals surface area contributed by atoms with Crippen molar-refractivity contribution in [2.75, 3.05) is 0 Å². The van der Waals surface area contributed by atoms with Crippen molar-refractivity contribution in [2.24, 2.45) is 7.05 Å². The molecule has 6 aromatic heterocycles. The Morgan fingerprint density at radius 3 is 2.56 bits per heavy atom. The van der Waals surface area contributed by atoms with Crippen molar-refractivity contribution in [2.45, 2.75) is 5.03 Å². The summed E-state index contributed by atoms with van der Waals surface area (Å²) in [5, 5.41) is 12.3. The van der Waals surface area contributed by atoms with Gasteiger partial charge in [-0.15, -0.1) is 0 Å². The molecule has 0 atom stereocenters. The first-order valence-electron chi connectivity index (χ1n) is 9.59. The number of hydrogen-bond donors (Lipinski definition) is 0. The van der Waals surface area contributed by atoms with Crippen LogP contribution in [0.3, 0.4) is 0 Å². The van der Waals surface area contributed by atoms with Crippen molar-refractivity contribution in [1.29, 1.82) is 0 Å². The first-order chi connectivity index (χ1) is 15.5. The van der Waals surface area contributed by atoms with E-state index >= 15 is 0 Å². The monoisotopic (exact) mass is 461 g/mol. The molecule has 0 bridgehead atoms. The van der Waals surface area contributed by atoms with Crippen molar-refractivity contribution in [1.82, 2.24) is 33.3 Å². The molecule has 9 nitrogen and oxygen atoms in total. The van der Waals surface area contributed by atoms with E-state index in [-0.39, 0.29) is 5.03 Å². The van der Waals surface area contributed by atoms with Crippen LogP contribution >= 0.6 is 11.3 Å². The summed E-state index contributed by atoms with van der Waals surface area (Å²) >= 11 is 1.58. The van der Waals surface area contributed by atoms with E-state index in [9.17, 15) is 8.42 Å². The summed E-state index contributed by atoms with van der Waals surface area (Å²) in [5.74, 6) is 0. The van der Waals surface area contributed by atoms with Gasteiger partial charge in [-0.3, -0.25) is 14.1 Å². The third kappa shape index (κ3) is 2.86. The molecule has 0 aliphatic rings. The molecule has 0 spiro atoms. The summed E-state index contributed by atoms with van der Waals surface area (Å²) in [7, 11) is -2.22. The van der Waals surface area contributed by atoms with Crippen LogP contribution in [0.15, 0.2) is 77.2 Å². The third-order valence-corrected chi connectivity index (χ3v) is 7.50. The van der Waals surface area contributed by atoms with E-state index in [0.29, 0.717) is 16.7 Å². The van der Waals surface area contributed by atoms with E-state index < -0.39 is 10.0 Å². The highest BCUT2D eigenvalue weighted by atomic mass is 32.2. The first kappa shape index (κ1) is 18.9. The standard InChI is InChI=1S/C21H15N7O2S2/c1-26-11-17(8-24-26)16-6-19-18(22-7-16)9-25-28(19)32(29,30)21-10-23-20-3-2-14(12-27(20)21)15-4-5-31-13-15/h2-13H,1H3. The highest BCUT2D eigenvalue weighted by Crippen LogP contribution is 2.27. The second-order valence-electron chi connectivity index (χ2n) is 7.28. The molecule has 158 valence electrons. The van der Waals surface area contributed by atoms with E-state index in [1.807, 2.05) is 36.1 Å². The molecular weight excluding hydrogens is 446 g/mol. The highest BCUT2D eigenvalue weighted by Gasteiger charge is 2.25. The van der Waals surface area contributed by atoms with Gasteiger partial charge in [-0.05, 0) is 46.2 Å². The second-order valence-corrected chi connectivity index (χ2v) is 9.77. The molecule has 6 aromatic rings. The molecule has 6 heterocycles. The van der Waals surface area contributed by atoms with Gasteiger partial charge in [-0.2, -0.15) is 34.0 Å². The Morgan fingerprint density at radius 1 is 0.875 bits per heavy atom. The lowest BCUT2D eigenvalue weighted by Gasteiger charge is -2.07. The molecule has 6 rings (SSSR count). The van der Waals surface area contributed by atoms with Gasteiger partial charge in [0.15, 0.2) is 5.03 Å². The molecule has 0 aromatic carbocycles. The zero-order chi connectivity index (χ0) is 21.9. The molecule has 0 unspecified atom stereocenters. The van der Waals surface area contributed by atoms with E-state index in [4.69, 9.17) is 0 Å². The summed E-state index contributed by atoms with van der Waals surface area (Å²) in [4.78, 5) is 8.67. The number of thiophene rings is 1. The number of pyridine rings is 2. The minimum absolute atomic E-state index is 0.0290. The van der Waals surface area contributed by atoms with Crippen molar-refractivity contribution >= 4 is 38.0 Å². The van der Waals surface area contributed by atoms with Crippen LogP contribution < -0.4 is 0 Å². The van der Waals surface area contributed by atoms with Gasteiger partial charge in [-0.25, -0.2) is 4.98 Å². The minimum atomic E-state index is -4.04. The van der Waals surface area contributed by atoms with Crippen LogP contribution in [-0.4, -0.2) is 41.8 Å². The third-order valence-electron chi connectivity index (χ3n) is 5.24. The summed E-state index contributed by atoms with van der Waals surface area (Å²) in [6.07, 6.45) is 9.80. The maximum atomic E-state index is 13.6. The largest absolute Gasteiger partial charge is 0.301 e. The average molecular weight is 462 g/mol. The van der Waals surface area contributed by atoms with Gasteiger partial charge in [0.2, 0.25) is 0 Å². The van der Waals surface area contributed by atoms with E-state index in [1.165, 1.54) is 12.4 Å². The topological polar surface area (TPSA) is 100.0 Å². The van der Waals surface area contributed by atoms with Gasteiger partial charge < -0.3 is 0 Å². The van der Waals surface area contributed by atoms with Crippen molar-refractivity contribution in [3.63, 3.8) is 0 Å². The summed E-state index contributed by atoms with van der Waals surface area (Å²) in [6.45, 7) is 0. The second kappa shape index (κ2) is 6.84. The first-order valence-corrected chi connectivity index (χ1v) is 12.0.